The van der Waals surface area contributed by atoms with Crippen LogP contribution in [0.15, 0.2) is 18.2 Å². The molecule has 6 heteroatoms. The lowest BCUT2D eigenvalue weighted by Crippen LogP contribution is -2.22. The molecule has 0 aliphatic rings. The zero-order valence-electron chi connectivity index (χ0n) is 10.4. The Morgan fingerprint density at radius 1 is 1.32 bits per heavy atom. The molecule has 0 bridgehead atoms. The molecule has 1 nitrogen and oxygen atoms in total. The van der Waals surface area contributed by atoms with Gasteiger partial charge in [-0.2, -0.15) is 13.2 Å². The van der Waals surface area contributed by atoms with E-state index in [1.54, 1.807) is 13.8 Å². The van der Waals surface area contributed by atoms with E-state index in [1.165, 1.54) is 6.07 Å². The van der Waals surface area contributed by atoms with E-state index in [-0.39, 0.29) is 23.7 Å². The van der Waals surface area contributed by atoms with Crippen molar-refractivity contribution < 1.29 is 22.4 Å². The van der Waals surface area contributed by atoms with Crippen LogP contribution in [0.2, 0.25) is 0 Å². The average molecular weight is 341 g/mol. The lowest BCUT2D eigenvalue weighted by atomic mass is 9.99. The van der Waals surface area contributed by atoms with Crippen molar-refractivity contribution in [3.05, 3.63) is 35.1 Å². The number of ketones is 1. The van der Waals surface area contributed by atoms with Gasteiger partial charge >= 0.3 is 6.18 Å². The summed E-state index contributed by atoms with van der Waals surface area (Å²) < 4.78 is 50.7. The van der Waals surface area contributed by atoms with E-state index in [0.717, 1.165) is 12.1 Å². The van der Waals surface area contributed by atoms with Crippen LogP contribution in [0.4, 0.5) is 17.6 Å². The number of hydrogen-bond donors (Lipinski definition) is 0. The monoisotopic (exact) mass is 340 g/mol. The van der Waals surface area contributed by atoms with Crippen molar-refractivity contribution in [2.45, 2.75) is 31.3 Å². The number of hydrogen-bond acceptors (Lipinski definition) is 1. The van der Waals surface area contributed by atoms with E-state index in [2.05, 4.69) is 15.9 Å². The summed E-state index contributed by atoms with van der Waals surface area (Å²) in [4.78, 5) is 11.1. The number of carbonyl (C=O) groups is 1. The van der Waals surface area contributed by atoms with Crippen molar-refractivity contribution in [2.24, 2.45) is 5.92 Å². The summed E-state index contributed by atoms with van der Waals surface area (Å²) in [6, 6.07) is 2.78. The topological polar surface area (TPSA) is 17.1 Å². The van der Waals surface area contributed by atoms with Crippen molar-refractivity contribution in [2.75, 3.05) is 0 Å². The molecule has 1 aromatic rings. The highest BCUT2D eigenvalue weighted by Gasteiger charge is 2.34. The average Bonchev–Trinajstić information content (AvgIpc) is 2.28. The third-order valence-electron chi connectivity index (χ3n) is 2.63. The van der Waals surface area contributed by atoms with Gasteiger partial charge in [0.2, 0.25) is 0 Å². The lowest BCUT2D eigenvalue weighted by Gasteiger charge is -2.13. The van der Waals surface area contributed by atoms with Crippen LogP contribution in [0, 0.1) is 11.7 Å². The van der Waals surface area contributed by atoms with Gasteiger partial charge < -0.3 is 0 Å². The molecule has 0 saturated carbocycles. The first-order chi connectivity index (χ1) is 8.62. The molecule has 1 atom stereocenters. The van der Waals surface area contributed by atoms with Gasteiger partial charge in [0, 0.05) is 5.92 Å². The zero-order chi connectivity index (χ0) is 14.8. The Bertz CT molecular complexity index is 468. The predicted octanol–water partition coefficient (Wildman–Crippen LogP) is 4.38. The fraction of sp³-hybridized carbons (Fsp3) is 0.462. The van der Waals surface area contributed by atoms with Gasteiger partial charge in [0.15, 0.2) is 0 Å². The van der Waals surface area contributed by atoms with Crippen molar-refractivity contribution in [3.63, 3.8) is 0 Å². The van der Waals surface area contributed by atoms with Crippen molar-refractivity contribution in [3.8, 4) is 0 Å². The molecule has 1 aromatic carbocycles. The first-order valence-electron chi connectivity index (χ1n) is 5.66. The number of benzene rings is 1. The SMILES string of the molecule is CC(C)C(=O)C(Br)Cc1ccc(F)c(C(F)(F)F)c1. The van der Waals surface area contributed by atoms with Crippen LogP contribution < -0.4 is 0 Å². The fourth-order valence-electron chi connectivity index (χ4n) is 1.59. The van der Waals surface area contributed by atoms with Gasteiger partial charge in [0.05, 0.1) is 10.4 Å². The number of halogens is 5. The molecule has 0 radical (unpaired) electrons. The van der Waals surface area contributed by atoms with Crippen molar-refractivity contribution in [1.29, 1.82) is 0 Å². The van der Waals surface area contributed by atoms with Gasteiger partial charge in [-0.1, -0.05) is 35.8 Å². The first kappa shape index (κ1) is 16.1. The summed E-state index contributed by atoms with van der Waals surface area (Å²) >= 11 is 3.15. The Morgan fingerprint density at radius 2 is 1.89 bits per heavy atom. The van der Waals surface area contributed by atoms with E-state index < -0.39 is 22.4 Å². The highest BCUT2D eigenvalue weighted by atomic mass is 79.9. The molecule has 0 saturated heterocycles. The maximum atomic E-state index is 13.1. The number of alkyl halides is 4. The summed E-state index contributed by atoms with van der Waals surface area (Å²) in [5.41, 5.74) is -1.04. The Hall–Kier alpha value is -0.910. The van der Waals surface area contributed by atoms with Crippen LogP contribution in [0.25, 0.3) is 0 Å². The minimum absolute atomic E-state index is 0.0976. The van der Waals surface area contributed by atoms with Gasteiger partial charge in [0.25, 0.3) is 0 Å². The van der Waals surface area contributed by atoms with E-state index in [4.69, 9.17) is 0 Å². The molecule has 0 aliphatic heterocycles. The molecular formula is C13H13BrF4O. The molecule has 0 heterocycles. The van der Waals surface area contributed by atoms with E-state index in [1.807, 2.05) is 0 Å². The molecule has 0 aromatic heterocycles. The smallest absolute Gasteiger partial charge is 0.298 e. The molecule has 0 amide bonds. The maximum absolute atomic E-state index is 13.1. The zero-order valence-corrected chi connectivity index (χ0v) is 12.0. The molecule has 0 fully saturated rings. The van der Waals surface area contributed by atoms with Crippen LogP contribution in [0.3, 0.4) is 0 Å². The molecule has 106 valence electrons. The second kappa shape index (κ2) is 6.03. The number of carbonyl (C=O) groups excluding carboxylic acids is 1. The first-order valence-corrected chi connectivity index (χ1v) is 6.58. The van der Waals surface area contributed by atoms with Crippen LogP contribution >= 0.6 is 15.9 Å². The second-order valence-corrected chi connectivity index (χ2v) is 5.65. The molecule has 1 rings (SSSR count). The molecule has 0 N–H and O–H groups in total. The Labute approximate surface area is 117 Å². The Balaban J connectivity index is 2.95. The normalized spacial score (nSPS) is 13.7. The second-order valence-electron chi connectivity index (χ2n) is 4.54. The largest absolute Gasteiger partial charge is 0.419 e. The lowest BCUT2D eigenvalue weighted by molar-refractivity contribution is -0.140. The molecule has 19 heavy (non-hydrogen) atoms. The standard InChI is InChI=1S/C13H13BrF4O/c1-7(2)12(19)10(14)6-8-3-4-11(15)9(5-8)13(16,17)18/h3-5,7,10H,6H2,1-2H3. The van der Waals surface area contributed by atoms with Gasteiger partial charge in [-0.25, -0.2) is 4.39 Å². The number of Topliss-reactive ketones (excluding diaryl/α,β-unsaturated/α-hetero) is 1. The molecule has 0 spiro atoms. The van der Waals surface area contributed by atoms with E-state index in [0.29, 0.717) is 0 Å². The quantitative estimate of drug-likeness (QED) is 0.587. The number of rotatable bonds is 4. The summed E-state index contributed by atoms with van der Waals surface area (Å²) in [6.45, 7) is 3.42. The summed E-state index contributed by atoms with van der Waals surface area (Å²) in [6.07, 6.45) is -4.63. The van der Waals surface area contributed by atoms with E-state index >= 15 is 0 Å². The highest BCUT2D eigenvalue weighted by molar-refractivity contribution is 9.10. The maximum Gasteiger partial charge on any atom is 0.419 e. The van der Waals surface area contributed by atoms with Crippen molar-refractivity contribution >= 4 is 21.7 Å². The highest BCUT2D eigenvalue weighted by Crippen LogP contribution is 2.32. The summed E-state index contributed by atoms with van der Waals surface area (Å²) in [5, 5.41) is 0. The Morgan fingerprint density at radius 3 is 2.37 bits per heavy atom. The minimum atomic E-state index is -4.73. The molecule has 0 aliphatic carbocycles. The van der Waals surface area contributed by atoms with Crippen molar-refractivity contribution in [1.82, 2.24) is 0 Å². The van der Waals surface area contributed by atoms with Gasteiger partial charge in [0.1, 0.15) is 11.6 Å². The van der Waals surface area contributed by atoms with Gasteiger partial charge in [-0.3, -0.25) is 4.79 Å². The van der Waals surface area contributed by atoms with Crippen LogP contribution in [-0.4, -0.2) is 10.6 Å². The third-order valence-corrected chi connectivity index (χ3v) is 3.40. The van der Waals surface area contributed by atoms with Gasteiger partial charge in [-0.05, 0) is 24.1 Å². The molecular weight excluding hydrogens is 328 g/mol. The fourth-order valence-corrected chi connectivity index (χ4v) is 2.49. The van der Waals surface area contributed by atoms with Gasteiger partial charge in [-0.15, -0.1) is 0 Å². The summed E-state index contributed by atoms with van der Waals surface area (Å²) in [5.74, 6) is -1.62. The van der Waals surface area contributed by atoms with Crippen LogP contribution in [0.1, 0.15) is 25.0 Å². The van der Waals surface area contributed by atoms with Crippen LogP contribution in [0.5, 0.6) is 0 Å². The summed E-state index contributed by atoms with van der Waals surface area (Å²) in [7, 11) is 0. The Kier molecular flexibility index (Phi) is 5.12. The minimum Gasteiger partial charge on any atom is -0.298 e. The third kappa shape index (κ3) is 4.30. The van der Waals surface area contributed by atoms with E-state index in [9.17, 15) is 22.4 Å². The van der Waals surface area contributed by atoms with Crippen LogP contribution in [-0.2, 0) is 17.4 Å². The molecule has 1 unspecified atom stereocenters. The predicted molar refractivity (Wildman–Crippen MR) is 67.7 cm³/mol.